The number of esters is 1. The van der Waals surface area contributed by atoms with Crippen LogP contribution in [0.15, 0.2) is 24.3 Å². The summed E-state index contributed by atoms with van der Waals surface area (Å²) in [5, 5.41) is 2.89. The van der Waals surface area contributed by atoms with Crippen LogP contribution in [0.2, 0.25) is 0 Å². The molecule has 0 saturated carbocycles. The predicted octanol–water partition coefficient (Wildman–Crippen LogP) is 3.09. The van der Waals surface area contributed by atoms with Gasteiger partial charge in [-0.15, -0.1) is 0 Å². The van der Waals surface area contributed by atoms with Crippen LogP contribution >= 0.6 is 0 Å². The summed E-state index contributed by atoms with van der Waals surface area (Å²) < 4.78 is 43.1. The van der Waals surface area contributed by atoms with E-state index in [1.807, 2.05) is 0 Å². The van der Waals surface area contributed by atoms with E-state index < -0.39 is 23.2 Å². The number of rotatable bonds is 5. The minimum atomic E-state index is -4.41. The molecule has 1 rings (SSSR count). The van der Waals surface area contributed by atoms with E-state index in [-0.39, 0.29) is 13.0 Å². The first kappa shape index (κ1) is 16.5. The van der Waals surface area contributed by atoms with Gasteiger partial charge in [0, 0.05) is 0 Å². The third kappa shape index (κ3) is 3.96. The standard InChI is InChI=1S/C14H18F3NO2/c1-4-20-12(19)9-13(2,18-3)10-6-5-7-11(8-10)14(15,16)17/h5-8,18H,4,9H2,1-3H3. The van der Waals surface area contributed by atoms with Crippen molar-refractivity contribution in [3.05, 3.63) is 35.4 Å². The van der Waals surface area contributed by atoms with Gasteiger partial charge < -0.3 is 10.1 Å². The normalized spacial score (nSPS) is 14.7. The number of hydrogen-bond donors (Lipinski definition) is 1. The molecule has 0 aliphatic heterocycles. The molecule has 112 valence electrons. The molecule has 20 heavy (non-hydrogen) atoms. The summed E-state index contributed by atoms with van der Waals surface area (Å²) in [6.45, 7) is 3.58. The maximum absolute atomic E-state index is 12.7. The fourth-order valence-corrected chi connectivity index (χ4v) is 1.87. The van der Waals surface area contributed by atoms with Gasteiger partial charge in [0.15, 0.2) is 0 Å². The molecule has 1 N–H and O–H groups in total. The Morgan fingerprint density at radius 3 is 2.40 bits per heavy atom. The highest BCUT2D eigenvalue weighted by atomic mass is 19.4. The van der Waals surface area contributed by atoms with Crippen molar-refractivity contribution in [3.63, 3.8) is 0 Å². The SMILES string of the molecule is CCOC(=O)CC(C)(NC)c1cccc(C(F)(F)F)c1. The molecule has 1 atom stereocenters. The molecule has 1 aromatic carbocycles. The number of carbonyl (C=O) groups is 1. The maximum Gasteiger partial charge on any atom is 0.416 e. The second-order valence-electron chi connectivity index (χ2n) is 4.64. The van der Waals surface area contributed by atoms with Crippen molar-refractivity contribution in [2.45, 2.75) is 32.0 Å². The van der Waals surface area contributed by atoms with Gasteiger partial charge in [0.05, 0.1) is 24.1 Å². The van der Waals surface area contributed by atoms with E-state index in [9.17, 15) is 18.0 Å². The molecule has 0 amide bonds. The summed E-state index contributed by atoms with van der Waals surface area (Å²) in [4.78, 5) is 11.6. The molecule has 0 heterocycles. The second kappa shape index (κ2) is 6.26. The molecule has 0 radical (unpaired) electrons. The van der Waals surface area contributed by atoms with Gasteiger partial charge in [-0.3, -0.25) is 4.79 Å². The number of carbonyl (C=O) groups excluding carboxylic acids is 1. The van der Waals surface area contributed by atoms with Crippen molar-refractivity contribution in [3.8, 4) is 0 Å². The van der Waals surface area contributed by atoms with E-state index in [0.29, 0.717) is 5.56 Å². The second-order valence-corrected chi connectivity index (χ2v) is 4.64. The Kier molecular flexibility index (Phi) is 5.16. The number of benzene rings is 1. The van der Waals surface area contributed by atoms with Gasteiger partial charge in [-0.1, -0.05) is 12.1 Å². The Balaban J connectivity index is 3.08. The first-order valence-electron chi connectivity index (χ1n) is 6.25. The van der Waals surface area contributed by atoms with Gasteiger partial charge in [0.2, 0.25) is 0 Å². The minimum absolute atomic E-state index is 0.0430. The van der Waals surface area contributed by atoms with Gasteiger partial charge in [-0.25, -0.2) is 0 Å². The number of halogens is 3. The molecule has 3 nitrogen and oxygen atoms in total. The van der Waals surface area contributed by atoms with E-state index in [4.69, 9.17) is 4.74 Å². The molecule has 1 unspecified atom stereocenters. The summed E-state index contributed by atoms with van der Waals surface area (Å²) in [5.74, 6) is -0.457. The van der Waals surface area contributed by atoms with Crippen molar-refractivity contribution < 1.29 is 22.7 Å². The van der Waals surface area contributed by atoms with Crippen LogP contribution in [0.4, 0.5) is 13.2 Å². The van der Waals surface area contributed by atoms with Gasteiger partial charge in [-0.05, 0) is 38.6 Å². The number of nitrogens with one attached hydrogen (secondary N) is 1. The van der Waals surface area contributed by atoms with E-state index >= 15 is 0 Å². The highest BCUT2D eigenvalue weighted by molar-refractivity contribution is 5.71. The number of alkyl halides is 3. The van der Waals surface area contributed by atoms with E-state index in [2.05, 4.69) is 5.32 Å². The quantitative estimate of drug-likeness (QED) is 0.847. The lowest BCUT2D eigenvalue weighted by Gasteiger charge is -2.29. The third-order valence-corrected chi connectivity index (χ3v) is 3.18. The first-order valence-corrected chi connectivity index (χ1v) is 6.25. The zero-order chi connectivity index (χ0) is 15.4. The van der Waals surface area contributed by atoms with Crippen LogP contribution in [0.1, 0.15) is 31.4 Å². The zero-order valence-electron chi connectivity index (χ0n) is 11.7. The van der Waals surface area contributed by atoms with Gasteiger partial charge >= 0.3 is 12.1 Å². The molecule has 0 aromatic heterocycles. The summed E-state index contributed by atoms with van der Waals surface area (Å²) in [5.41, 5.74) is -1.25. The monoisotopic (exact) mass is 289 g/mol. The van der Waals surface area contributed by atoms with Crippen molar-refractivity contribution >= 4 is 5.97 Å². The van der Waals surface area contributed by atoms with Crippen LogP contribution in [0.5, 0.6) is 0 Å². The highest BCUT2D eigenvalue weighted by Gasteiger charge is 2.34. The molecule has 0 spiro atoms. The fourth-order valence-electron chi connectivity index (χ4n) is 1.87. The van der Waals surface area contributed by atoms with Crippen molar-refractivity contribution in [2.75, 3.05) is 13.7 Å². The minimum Gasteiger partial charge on any atom is -0.466 e. The Morgan fingerprint density at radius 2 is 1.90 bits per heavy atom. The van der Waals surface area contributed by atoms with Crippen LogP contribution < -0.4 is 5.32 Å². The Hall–Kier alpha value is -1.56. The smallest absolute Gasteiger partial charge is 0.416 e. The van der Waals surface area contributed by atoms with Crippen LogP contribution in [-0.4, -0.2) is 19.6 Å². The largest absolute Gasteiger partial charge is 0.466 e. The summed E-state index contributed by atoms with van der Waals surface area (Å²) in [7, 11) is 1.60. The molecule has 0 saturated heterocycles. The number of hydrogen-bond acceptors (Lipinski definition) is 3. The fraction of sp³-hybridized carbons (Fsp3) is 0.500. The third-order valence-electron chi connectivity index (χ3n) is 3.18. The Labute approximate surface area is 116 Å². The summed E-state index contributed by atoms with van der Waals surface area (Å²) in [6, 6.07) is 4.95. The van der Waals surface area contributed by atoms with Crippen LogP contribution in [-0.2, 0) is 21.2 Å². The van der Waals surface area contributed by atoms with Gasteiger partial charge in [0.1, 0.15) is 0 Å². The Morgan fingerprint density at radius 1 is 1.30 bits per heavy atom. The van der Waals surface area contributed by atoms with Crippen LogP contribution in [0.25, 0.3) is 0 Å². The molecule has 0 aliphatic rings. The lowest BCUT2D eigenvalue weighted by molar-refractivity contribution is -0.144. The van der Waals surface area contributed by atoms with Crippen molar-refractivity contribution in [1.82, 2.24) is 5.32 Å². The molecule has 0 fully saturated rings. The predicted molar refractivity (Wildman–Crippen MR) is 69.1 cm³/mol. The van der Waals surface area contributed by atoms with E-state index in [0.717, 1.165) is 12.1 Å². The highest BCUT2D eigenvalue weighted by Crippen LogP contribution is 2.33. The van der Waals surface area contributed by atoms with Gasteiger partial charge in [0.25, 0.3) is 0 Å². The van der Waals surface area contributed by atoms with Crippen molar-refractivity contribution in [2.24, 2.45) is 0 Å². The zero-order valence-corrected chi connectivity index (χ0v) is 11.7. The summed E-state index contributed by atoms with van der Waals surface area (Å²) >= 11 is 0. The maximum atomic E-state index is 12.7. The number of ether oxygens (including phenoxy) is 1. The molecule has 6 heteroatoms. The Bertz CT molecular complexity index is 474. The lowest BCUT2D eigenvalue weighted by atomic mass is 9.87. The van der Waals surface area contributed by atoms with Crippen LogP contribution in [0.3, 0.4) is 0 Å². The molecular weight excluding hydrogens is 271 g/mol. The first-order chi connectivity index (χ1) is 9.23. The molecule has 0 aliphatic carbocycles. The van der Waals surface area contributed by atoms with Gasteiger partial charge in [-0.2, -0.15) is 13.2 Å². The van der Waals surface area contributed by atoms with Crippen LogP contribution in [0, 0.1) is 0 Å². The summed E-state index contributed by atoms with van der Waals surface area (Å²) in [6.07, 6.45) is -4.45. The molecule has 1 aromatic rings. The lowest BCUT2D eigenvalue weighted by Crippen LogP contribution is -2.39. The van der Waals surface area contributed by atoms with E-state index in [1.165, 1.54) is 6.07 Å². The van der Waals surface area contributed by atoms with E-state index in [1.54, 1.807) is 27.0 Å². The van der Waals surface area contributed by atoms with Crippen molar-refractivity contribution in [1.29, 1.82) is 0 Å². The average Bonchev–Trinajstić information content (AvgIpc) is 2.38. The topological polar surface area (TPSA) is 38.3 Å². The molecule has 0 bridgehead atoms. The molecular formula is C14H18F3NO2. The average molecular weight is 289 g/mol.